The number of hydrogen-bond donors (Lipinski definition) is 0. The fourth-order valence-electron chi connectivity index (χ4n) is 6.08. The summed E-state index contributed by atoms with van der Waals surface area (Å²) in [5.41, 5.74) is 3.19. The SMILES string of the molecule is CCn1nccc1/C=C(\C#N)c1nc(C23CC4CC(CC(C4)C2)C3)cs1. The van der Waals surface area contributed by atoms with E-state index in [1.807, 2.05) is 16.8 Å². The molecule has 2 heterocycles. The van der Waals surface area contributed by atoms with Gasteiger partial charge in [0.05, 0.1) is 17.0 Å². The first-order valence-corrected chi connectivity index (χ1v) is 10.7. The molecule has 0 unspecified atom stereocenters. The van der Waals surface area contributed by atoms with Crippen LogP contribution >= 0.6 is 11.3 Å². The van der Waals surface area contributed by atoms with Crippen LogP contribution in [-0.4, -0.2) is 14.8 Å². The van der Waals surface area contributed by atoms with Gasteiger partial charge in [-0.15, -0.1) is 11.3 Å². The molecule has 0 aromatic carbocycles. The first-order valence-electron chi connectivity index (χ1n) is 9.79. The Morgan fingerprint density at radius 3 is 2.62 bits per heavy atom. The minimum atomic E-state index is 0.301. The van der Waals surface area contributed by atoms with Gasteiger partial charge in [0.25, 0.3) is 0 Å². The Morgan fingerprint density at radius 2 is 2.00 bits per heavy atom. The van der Waals surface area contributed by atoms with Gasteiger partial charge in [0.2, 0.25) is 0 Å². The summed E-state index contributed by atoms with van der Waals surface area (Å²) in [6.45, 7) is 2.86. The van der Waals surface area contributed by atoms with E-state index < -0.39 is 0 Å². The smallest absolute Gasteiger partial charge is 0.134 e. The van der Waals surface area contributed by atoms with Crippen molar-refractivity contribution in [2.45, 2.75) is 57.4 Å². The molecule has 6 rings (SSSR count). The van der Waals surface area contributed by atoms with Crippen LogP contribution in [0.3, 0.4) is 0 Å². The lowest BCUT2D eigenvalue weighted by Crippen LogP contribution is -2.48. The topological polar surface area (TPSA) is 54.5 Å². The van der Waals surface area contributed by atoms with Crippen LogP contribution in [0.1, 0.15) is 61.8 Å². The van der Waals surface area contributed by atoms with E-state index in [1.165, 1.54) is 44.2 Å². The van der Waals surface area contributed by atoms with Crippen molar-refractivity contribution in [3.63, 3.8) is 0 Å². The average molecular weight is 365 g/mol. The van der Waals surface area contributed by atoms with E-state index in [2.05, 4.69) is 23.5 Å². The molecule has 0 radical (unpaired) electrons. The number of hydrogen-bond acceptors (Lipinski definition) is 4. The Labute approximate surface area is 158 Å². The third kappa shape index (κ3) is 2.54. The third-order valence-electron chi connectivity index (χ3n) is 6.78. The lowest BCUT2D eigenvalue weighted by Gasteiger charge is -2.56. The number of nitrogens with zero attached hydrogens (tertiary/aromatic N) is 4. The molecule has 4 saturated carbocycles. The second-order valence-electron chi connectivity index (χ2n) is 8.48. The van der Waals surface area contributed by atoms with Crippen molar-refractivity contribution in [1.29, 1.82) is 5.26 Å². The molecule has 4 aliphatic carbocycles. The van der Waals surface area contributed by atoms with Crippen molar-refractivity contribution in [3.05, 3.63) is 34.0 Å². The maximum atomic E-state index is 9.70. The summed E-state index contributed by atoms with van der Waals surface area (Å²) in [5, 5.41) is 17.1. The van der Waals surface area contributed by atoms with Gasteiger partial charge in [0.1, 0.15) is 11.1 Å². The van der Waals surface area contributed by atoms with Gasteiger partial charge in [-0.25, -0.2) is 4.98 Å². The molecule has 2 aromatic rings. The Bertz CT molecular complexity index is 862. The Balaban J connectivity index is 1.47. The van der Waals surface area contributed by atoms with Crippen LogP contribution in [0.5, 0.6) is 0 Å². The van der Waals surface area contributed by atoms with Crippen molar-refractivity contribution in [2.75, 3.05) is 0 Å². The first-order chi connectivity index (χ1) is 12.7. The lowest BCUT2D eigenvalue weighted by atomic mass is 9.49. The van der Waals surface area contributed by atoms with E-state index in [0.717, 1.165) is 35.0 Å². The highest BCUT2D eigenvalue weighted by Gasteiger charge is 2.52. The first kappa shape index (κ1) is 16.3. The van der Waals surface area contributed by atoms with Gasteiger partial charge >= 0.3 is 0 Å². The quantitative estimate of drug-likeness (QED) is 0.726. The van der Waals surface area contributed by atoms with Crippen molar-refractivity contribution in [3.8, 4) is 6.07 Å². The number of thiazole rings is 1. The van der Waals surface area contributed by atoms with Crippen molar-refractivity contribution in [1.82, 2.24) is 14.8 Å². The van der Waals surface area contributed by atoms with Gasteiger partial charge in [-0.3, -0.25) is 4.68 Å². The van der Waals surface area contributed by atoms with Crippen LogP contribution in [-0.2, 0) is 12.0 Å². The highest BCUT2D eigenvalue weighted by Crippen LogP contribution is 2.60. The molecule has 4 fully saturated rings. The van der Waals surface area contributed by atoms with Crippen molar-refractivity contribution in [2.24, 2.45) is 17.8 Å². The predicted molar refractivity (Wildman–Crippen MR) is 103 cm³/mol. The predicted octanol–water partition coefficient (Wildman–Crippen LogP) is 4.89. The number of aryl methyl sites for hydroxylation is 1. The van der Waals surface area contributed by atoms with Gasteiger partial charge in [-0.2, -0.15) is 10.4 Å². The van der Waals surface area contributed by atoms with E-state index >= 15 is 0 Å². The fourth-order valence-corrected chi connectivity index (χ4v) is 6.99. The summed E-state index contributed by atoms with van der Waals surface area (Å²) in [6.07, 6.45) is 12.0. The zero-order chi connectivity index (χ0) is 17.7. The minimum Gasteiger partial charge on any atom is -0.266 e. The van der Waals surface area contributed by atoms with E-state index in [9.17, 15) is 5.26 Å². The lowest BCUT2D eigenvalue weighted by molar-refractivity contribution is -0.00694. The molecule has 0 amide bonds. The second-order valence-corrected chi connectivity index (χ2v) is 9.34. The van der Waals surface area contributed by atoms with Gasteiger partial charge in [-0.05, 0) is 75.3 Å². The molecule has 0 saturated heterocycles. The monoisotopic (exact) mass is 364 g/mol. The molecular weight excluding hydrogens is 340 g/mol. The van der Waals surface area contributed by atoms with Crippen LogP contribution < -0.4 is 0 Å². The van der Waals surface area contributed by atoms with Crippen molar-refractivity contribution >= 4 is 23.0 Å². The zero-order valence-electron chi connectivity index (χ0n) is 15.2. The molecule has 134 valence electrons. The highest BCUT2D eigenvalue weighted by atomic mass is 32.1. The van der Waals surface area contributed by atoms with Gasteiger partial charge in [0.15, 0.2) is 0 Å². The maximum Gasteiger partial charge on any atom is 0.134 e. The average Bonchev–Trinajstić information content (AvgIpc) is 3.28. The molecule has 0 spiro atoms. The summed E-state index contributed by atoms with van der Waals surface area (Å²) in [4.78, 5) is 5.01. The summed E-state index contributed by atoms with van der Waals surface area (Å²) in [6, 6.07) is 4.32. The van der Waals surface area contributed by atoms with E-state index in [-0.39, 0.29) is 0 Å². The molecule has 0 atom stereocenters. The molecule has 0 N–H and O–H groups in total. The standard InChI is InChI=1S/C21H24N4S/c1-2-25-18(3-4-23-25)8-17(12-22)20-24-19(13-26-20)21-9-14-5-15(10-21)7-16(6-14)11-21/h3-4,8,13-16H,2,5-7,9-11H2,1H3/b17-8+. The van der Waals surface area contributed by atoms with E-state index in [4.69, 9.17) is 4.98 Å². The highest BCUT2D eigenvalue weighted by molar-refractivity contribution is 7.11. The van der Waals surface area contributed by atoms with Crippen LogP contribution in [0.25, 0.3) is 11.6 Å². The summed E-state index contributed by atoms with van der Waals surface area (Å²) < 4.78 is 1.91. The maximum absolute atomic E-state index is 9.70. The van der Waals surface area contributed by atoms with Crippen LogP contribution in [0.2, 0.25) is 0 Å². The van der Waals surface area contributed by atoms with E-state index in [1.54, 1.807) is 17.5 Å². The Hall–Kier alpha value is -1.93. The normalized spacial score (nSPS) is 32.8. The summed E-state index contributed by atoms with van der Waals surface area (Å²) in [7, 11) is 0. The second kappa shape index (κ2) is 6.06. The molecule has 0 aliphatic heterocycles. The van der Waals surface area contributed by atoms with Crippen LogP contribution in [0.15, 0.2) is 17.6 Å². The van der Waals surface area contributed by atoms with Crippen molar-refractivity contribution < 1.29 is 0 Å². The molecule has 4 aliphatic rings. The Morgan fingerprint density at radius 1 is 1.31 bits per heavy atom. The van der Waals surface area contributed by atoms with Gasteiger partial charge in [-0.1, -0.05) is 0 Å². The number of rotatable bonds is 4. The third-order valence-corrected chi connectivity index (χ3v) is 7.65. The fraction of sp³-hybridized carbons (Fsp3) is 0.571. The number of aromatic nitrogens is 3. The Kier molecular flexibility index (Phi) is 3.79. The molecule has 4 bridgehead atoms. The number of allylic oxidation sites excluding steroid dienone is 1. The largest absolute Gasteiger partial charge is 0.266 e. The molecular formula is C21H24N4S. The number of nitriles is 1. The molecule has 4 nitrogen and oxygen atoms in total. The van der Waals surface area contributed by atoms with Gasteiger partial charge < -0.3 is 0 Å². The van der Waals surface area contributed by atoms with Gasteiger partial charge in [0, 0.05) is 23.5 Å². The van der Waals surface area contributed by atoms with Crippen LogP contribution in [0.4, 0.5) is 0 Å². The molecule has 2 aromatic heterocycles. The van der Waals surface area contributed by atoms with Crippen LogP contribution in [0, 0.1) is 29.1 Å². The molecule has 26 heavy (non-hydrogen) atoms. The summed E-state index contributed by atoms with van der Waals surface area (Å²) in [5.74, 6) is 2.74. The van der Waals surface area contributed by atoms with E-state index in [0.29, 0.717) is 11.0 Å². The minimum absolute atomic E-state index is 0.301. The summed E-state index contributed by atoms with van der Waals surface area (Å²) >= 11 is 1.63. The molecule has 5 heteroatoms. The zero-order valence-corrected chi connectivity index (χ0v) is 16.0.